The molecule has 1 aromatic heterocycles. The Morgan fingerprint density at radius 1 is 1.24 bits per heavy atom. The molecule has 1 saturated heterocycles. The number of thiazole rings is 1. The normalized spacial score (nSPS) is 15.8. The lowest BCUT2D eigenvalue weighted by Gasteiger charge is -2.36. The fraction of sp³-hybridized carbons (Fsp3) is 0.400. The van der Waals surface area contributed by atoms with Gasteiger partial charge in [-0.05, 0) is 19.2 Å². The summed E-state index contributed by atoms with van der Waals surface area (Å²) in [6.45, 7) is 4.13. The monoisotopic (exact) mass is 403 g/mol. The van der Waals surface area contributed by atoms with E-state index in [9.17, 15) is 8.42 Å². The van der Waals surface area contributed by atoms with Crippen LogP contribution < -0.4 is 15.4 Å². The molecule has 0 aliphatic carbocycles. The van der Waals surface area contributed by atoms with Gasteiger partial charge in [-0.3, -0.25) is 4.90 Å². The fourth-order valence-electron chi connectivity index (χ4n) is 2.82. The van der Waals surface area contributed by atoms with E-state index in [1.54, 1.807) is 12.1 Å². The summed E-state index contributed by atoms with van der Waals surface area (Å²) in [5.41, 5.74) is 6.43. The molecule has 10 heteroatoms. The van der Waals surface area contributed by atoms with Crippen LogP contribution in [0, 0.1) is 0 Å². The second-order valence-corrected chi connectivity index (χ2v) is 8.61. The lowest BCUT2D eigenvalue weighted by Crippen LogP contribution is -2.46. The topological polar surface area (TPSA) is 91.6 Å². The van der Waals surface area contributed by atoms with Gasteiger partial charge in [-0.15, -0.1) is 23.7 Å². The summed E-state index contributed by atoms with van der Waals surface area (Å²) in [6.07, 6.45) is 1.82. The average molecular weight is 404 g/mol. The maximum absolute atomic E-state index is 12.2. The molecule has 0 unspecified atom stereocenters. The van der Waals surface area contributed by atoms with Crippen molar-refractivity contribution < 1.29 is 8.42 Å². The van der Waals surface area contributed by atoms with Gasteiger partial charge in [0.2, 0.25) is 10.0 Å². The van der Waals surface area contributed by atoms with E-state index < -0.39 is 10.0 Å². The number of hydrogen-bond acceptors (Lipinski definition) is 7. The maximum atomic E-state index is 12.2. The molecule has 0 atom stereocenters. The number of halogens is 1. The van der Waals surface area contributed by atoms with E-state index in [2.05, 4.69) is 19.5 Å². The van der Waals surface area contributed by atoms with E-state index >= 15 is 0 Å². The van der Waals surface area contributed by atoms with Crippen molar-refractivity contribution in [3.63, 3.8) is 0 Å². The van der Waals surface area contributed by atoms with Crippen LogP contribution in [0.4, 0.5) is 10.8 Å². The van der Waals surface area contributed by atoms with Crippen LogP contribution in [0.1, 0.15) is 4.88 Å². The van der Waals surface area contributed by atoms with Crippen molar-refractivity contribution in [1.82, 2.24) is 14.6 Å². The van der Waals surface area contributed by atoms with Crippen molar-refractivity contribution in [3.05, 3.63) is 35.3 Å². The Balaban J connectivity index is 0.00000225. The molecule has 138 valence electrons. The van der Waals surface area contributed by atoms with Gasteiger partial charge in [-0.2, -0.15) is 0 Å². The largest absolute Gasteiger partial charge is 0.375 e. The highest BCUT2D eigenvalue weighted by molar-refractivity contribution is 7.89. The van der Waals surface area contributed by atoms with Gasteiger partial charge < -0.3 is 10.6 Å². The number of hydrogen-bond donors (Lipinski definition) is 2. The summed E-state index contributed by atoms with van der Waals surface area (Å²) < 4.78 is 26.8. The number of piperazine rings is 1. The molecule has 0 spiro atoms. The zero-order valence-electron chi connectivity index (χ0n) is 13.9. The van der Waals surface area contributed by atoms with Crippen LogP contribution in [0.5, 0.6) is 0 Å². The lowest BCUT2D eigenvalue weighted by atomic mass is 10.2. The molecule has 1 aliphatic heterocycles. The molecular weight excluding hydrogens is 382 g/mol. The predicted molar refractivity (Wildman–Crippen MR) is 104 cm³/mol. The van der Waals surface area contributed by atoms with Gasteiger partial charge in [-0.1, -0.05) is 12.1 Å². The maximum Gasteiger partial charge on any atom is 0.242 e. The quantitative estimate of drug-likeness (QED) is 0.783. The molecule has 1 fully saturated rings. The van der Waals surface area contributed by atoms with E-state index in [0.29, 0.717) is 10.0 Å². The predicted octanol–water partition coefficient (Wildman–Crippen LogP) is 1.38. The number of anilines is 2. The third kappa shape index (κ3) is 4.62. The zero-order chi connectivity index (χ0) is 17.2. The number of aromatic nitrogens is 1. The lowest BCUT2D eigenvalue weighted by molar-refractivity contribution is 0.251. The number of para-hydroxylation sites is 1. The molecule has 2 heterocycles. The van der Waals surface area contributed by atoms with E-state index in [4.69, 9.17) is 5.73 Å². The van der Waals surface area contributed by atoms with Gasteiger partial charge in [0.25, 0.3) is 0 Å². The highest BCUT2D eigenvalue weighted by atomic mass is 35.5. The first-order chi connectivity index (χ1) is 11.5. The van der Waals surface area contributed by atoms with E-state index in [-0.39, 0.29) is 12.4 Å². The van der Waals surface area contributed by atoms with Crippen molar-refractivity contribution in [2.75, 3.05) is 43.9 Å². The van der Waals surface area contributed by atoms with Crippen LogP contribution in [-0.2, 0) is 16.6 Å². The number of nitrogens with zero attached hydrogens (tertiary/aromatic N) is 3. The zero-order valence-corrected chi connectivity index (χ0v) is 16.3. The van der Waals surface area contributed by atoms with Crippen LogP contribution in [-0.4, -0.2) is 51.5 Å². The molecule has 25 heavy (non-hydrogen) atoms. The Morgan fingerprint density at radius 2 is 1.92 bits per heavy atom. The summed E-state index contributed by atoms with van der Waals surface area (Å²) in [6, 6.07) is 7.13. The molecule has 0 amide bonds. The molecule has 1 aliphatic rings. The van der Waals surface area contributed by atoms with Crippen molar-refractivity contribution in [2.45, 2.75) is 11.4 Å². The third-order valence-electron chi connectivity index (χ3n) is 4.09. The van der Waals surface area contributed by atoms with Crippen LogP contribution in [0.2, 0.25) is 0 Å². The number of sulfonamides is 1. The van der Waals surface area contributed by atoms with Crippen molar-refractivity contribution in [3.8, 4) is 0 Å². The SMILES string of the molecule is CNS(=O)(=O)c1ccccc1N1CCN(Cc2cnc(N)s2)CC1.Cl. The van der Waals surface area contributed by atoms with Crippen LogP contribution >= 0.6 is 23.7 Å². The van der Waals surface area contributed by atoms with Crippen LogP contribution in [0.3, 0.4) is 0 Å². The van der Waals surface area contributed by atoms with Crippen LogP contribution in [0.25, 0.3) is 0 Å². The summed E-state index contributed by atoms with van der Waals surface area (Å²) in [7, 11) is -2.03. The Morgan fingerprint density at radius 3 is 2.52 bits per heavy atom. The fourth-order valence-corrected chi connectivity index (χ4v) is 4.50. The molecule has 7 nitrogen and oxygen atoms in total. The molecule has 2 aromatic rings. The first-order valence-electron chi connectivity index (χ1n) is 7.69. The second kappa shape index (κ2) is 8.33. The number of rotatable bonds is 5. The second-order valence-electron chi connectivity index (χ2n) is 5.60. The summed E-state index contributed by atoms with van der Waals surface area (Å²) in [4.78, 5) is 10.0. The standard InChI is InChI=1S/C15H21N5O2S2.ClH/c1-17-24(21,22)14-5-3-2-4-13(14)20-8-6-19(7-9-20)11-12-10-18-15(16)23-12;/h2-5,10,17H,6-9,11H2,1H3,(H2,16,18);1H. The number of nitrogens with one attached hydrogen (secondary N) is 1. The molecule has 0 bridgehead atoms. The third-order valence-corrected chi connectivity index (χ3v) is 6.36. The Labute approximate surface area is 158 Å². The van der Waals surface area contributed by atoms with Gasteiger partial charge in [-0.25, -0.2) is 18.1 Å². The Kier molecular flexibility index (Phi) is 6.64. The van der Waals surface area contributed by atoms with Gasteiger partial charge in [0, 0.05) is 43.8 Å². The summed E-state index contributed by atoms with van der Waals surface area (Å²) in [5, 5.41) is 0.592. The molecule has 3 N–H and O–H groups in total. The minimum absolute atomic E-state index is 0. The number of nitrogens with two attached hydrogens (primary N) is 1. The highest BCUT2D eigenvalue weighted by Gasteiger charge is 2.23. The molecule has 0 saturated carbocycles. The first kappa shape index (κ1) is 19.9. The van der Waals surface area contributed by atoms with E-state index in [1.165, 1.54) is 18.4 Å². The Hall–Kier alpha value is -1.39. The number of nitrogen functional groups attached to an aromatic ring is 1. The van der Waals surface area contributed by atoms with Crippen molar-refractivity contribution in [2.24, 2.45) is 0 Å². The first-order valence-corrected chi connectivity index (χ1v) is 9.99. The van der Waals surface area contributed by atoms with Gasteiger partial charge in [0.05, 0.1) is 5.69 Å². The van der Waals surface area contributed by atoms with E-state index in [1.807, 2.05) is 18.3 Å². The molecule has 3 rings (SSSR count). The Bertz CT molecular complexity index is 804. The van der Waals surface area contributed by atoms with Gasteiger partial charge >= 0.3 is 0 Å². The van der Waals surface area contributed by atoms with Crippen molar-refractivity contribution >= 4 is 44.6 Å². The summed E-state index contributed by atoms with van der Waals surface area (Å²) >= 11 is 1.51. The van der Waals surface area contributed by atoms with Crippen LogP contribution in [0.15, 0.2) is 35.4 Å². The van der Waals surface area contributed by atoms with Crippen molar-refractivity contribution in [1.29, 1.82) is 0 Å². The van der Waals surface area contributed by atoms with Gasteiger partial charge in [0.1, 0.15) is 4.90 Å². The summed E-state index contributed by atoms with van der Waals surface area (Å²) in [5.74, 6) is 0. The average Bonchev–Trinajstić information content (AvgIpc) is 3.00. The molecular formula is C15H22ClN5O2S2. The van der Waals surface area contributed by atoms with Gasteiger partial charge in [0.15, 0.2) is 5.13 Å². The minimum atomic E-state index is -3.46. The van der Waals surface area contributed by atoms with E-state index in [0.717, 1.165) is 43.3 Å². The highest BCUT2D eigenvalue weighted by Crippen LogP contribution is 2.26. The minimum Gasteiger partial charge on any atom is -0.375 e. The number of benzene rings is 1. The molecule has 0 radical (unpaired) electrons. The smallest absolute Gasteiger partial charge is 0.242 e. The molecule has 1 aromatic carbocycles.